The first-order valence-electron chi connectivity index (χ1n) is 10.4. The van der Waals surface area contributed by atoms with Crippen molar-refractivity contribution in [3.8, 4) is 11.5 Å². The molecule has 1 aliphatic heterocycles. The second-order valence-corrected chi connectivity index (χ2v) is 9.41. The summed E-state index contributed by atoms with van der Waals surface area (Å²) in [6.45, 7) is 2.15. The molecule has 0 atom stereocenters. The molecule has 0 aliphatic carbocycles. The number of hydrogen-bond donors (Lipinski definition) is 0. The summed E-state index contributed by atoms with van der Waals surface area (Å²) in [5, 5.41) is 0. The van der Waals surface area contributed by atoms with Gasteiger partial charge in [0.05, 0.1) is 19.3 Å². The number of pyridine rings is 1. The summed E-state index contributed by atoms with van der Waals surface area (Å²) in [7, 11) is -4.42. The van der Waals surface area contributed by atoms with E-state index in [9.17, 15) is 26.4 Å². The van der Waals surface area contributed by atoms with E-state index >= 15 is 0 Å². The van der Waals surface area contributed by atoms with Crippen molar-refractivity contribution < 1.29 is 35.3 Å². The van der Waals surface area contributed by atoms with Crippen molar-refractivity contribution in [2.75, 3.05) is 13.7 Å². The van der Waals surface area contributed by atoms with Crippen LogP contribution in [0.25, 0.3) is 0 Å². The maximum Gasteiger partial charge on any atom is 0.534 e. The summed E-state index contributed by atoms with van der Waals surface area (Å²) < 4.78 is 74.0. The van der Waals surface area contributed by atoms with Crippen molar-refractivity contribution in [2.24, 2.45) is 0 Å². The van der Waals surface area contributed by atoms with Gasteiger partial charge in [-0.3, -0.25) is 9.78 Å². The van der Waals surface area contributed by atoms with Gasteiger partial charge in [0.25, 0.3) is 5.91 Å². The Morgan fingerprint density at radius 3 is 2.54 bits per heavy atom. The van der Waals surface area contributed by atoms with Gasteiger partial charge in [0.2, 0.25) is 0 Å². The van der Waals surface area contributed by atoms with E-state index in [4.69, 9.17) is 4.74 Å². The summed E-state index contributed by atoms with van der Waals surface area (Å²) >= 11 is 0. The number of methoxy groups -OCH3 is 1. The number of ether oxygens (including phenoxy) is 1. The zero-order chi connectivity index (χ0) is 25.4. The lowest BCUT2D eigenvalue weighted by Crippen LogP contribution is -2.38. The molecule has 13 heteroatoms. The van der Waals surface area contributed by atoms with Crippen LogP contribution in [0.5, 0.6) is 11.5 Å². The van der Waals surface area contributed by atoms with Crippen molar-refractivity contribution in [3.05, 3.63) is 71.1 Å². The third kappa shape index (κ3) is 5.09. The molecule has 0 fully saturated rings. The SMILES string of the molecule is COc1ccnc(CN2CCc3c(OS(=O)(=O)C(F)(F)F)cc(Cn4ccnc4C)cc3C2=O)c1. The number of alkyl halides is 3. The Morgan fingerprint density at radius 1 is 1.11 bits per heavy atom. The second kappa shape index (κ2) is 9.21. The molecule has 0 radical (unpaired) electrons. The minimum absolute atomic E-state index is 0.0711. The van der Waals surface area contributed by atoms with Crippen LogP contribution in [0.1, 0.15) is 33.0 Å². The maximum atomic E-state index is 13.3. The van der Waals surface area contributed by atoms with Crippen LogP contribution in [0.2, 0.25) is 0 Å². The number of rotatable bonds is 7. The van der Waals surface area contributed by atoms with Crippen LogP contribution >= 0.6 is 0 Å². The molecule has 3 heterocycles. The number of benzene rings is 1. The van der Waals surface area contributed by atoms with Crippen molar-refractivity contribution in [3.63, 3.8) is 0 Å². The fraction of sp³-hybridized carbons (Fsp3) is 0.318. The smallest absolute Gasteiger partial charge is 0.497 e. The van der Waals surface area contributed by atoms with Crippen LogP contribution in [0.3, 0.4) is 0 Å². The molecule has 0 unspecified atom stereocenters. The molecule has 0 N–H and O–H groups in total. The number of fused-ring (bicyclic) bond motifs is 1. The van der Waals surface area contributed by atoms with Crippen LogP contribution in [0, 0.1) is 6.92 Å². The third-order valence-corrected chi connectivity index (χ3v) is 6.52. The first kappa shape index (κ1) is 24.5. The van der Waals surface area contributed by atoms with Gasteiger partial charge >= 0.3 is 15.6 Å². The molecular formula is C22H21F3N4O5S. The van der Waals surface area contributed by atoms with Gasteiger partial charge in [-0.15, -0.1) is 0 Å². The molecule has 1 aromatic carbocycles. The Bertz CT molecular complexity index is 1370. The van der Waals surface area contributed by atoms with Crippen LogP contribution < -0.4 is 8.92 Å². The molecule has 2 aromatic heterocycles. The molecule has 3 aromatic rings. The number of imidazole rings is 1. The highest BCUT2D eigenvalue weighted by atomic mass is 32.2. The molecule has 35 heavy (non-hydrogen) atoms. The van der Waals surface area contributed by atoms with Crippen LogP contribution in [0.4, 0.5) is 13.2 Å². The normalized spacial score (nSPS) is 14.1. The number of aromatic nitrogens is 3. The van der Waals surface area contributed by atoms with Crippen molar-refractivity contribution in [2.45, 2.75) is 31.9 Å². The molecule has 4 rings (SSSR count). The zero-order valence-electron chi connectivity index (χ0n) is 18.7. The predicted octanol–water partition coefficient (Wildman–Crippen LogP) is 3.07. The van der Waals surface area contributed by atoms with Gasteiger partial charge in [-0.25, -0.2) is 4.98 Å². The summed E-state index contributed by atoms with van der Waals surface area (Å²) in [5.74, 6) is 0.200. The van der Waals surface area contributed by atoms with Gasteiger partial charge in [-0.05, 0) is 37.1 Å². The topological polar surface area (TPSA) is 104 Å². The van der Waals surface area contributed by atoms with Crippen molar-refractivity contribution in [1.82, 2.24) is 19.4 Å². The van der Waals surface area contributed by atoms with E-state index in [-0.39, 0.29) is 37.2 Å². The highest BCUT2D eigenvalue weighted by Crippen LogP contribution is 2.35. The third-order valence-electron chi connectivity index (χ3n) is 5.55. The first-order valence-corrected chi connectivity index (χ1v) is 11.8. The number of aryl methyl sites for hydroxylation is 1. The van der Waals surface area contributed by atoms with Crippen molar-refractivity contribution in [1.29, 1.82) is 0 Å². The van der Waals surface area contributed by atoms with Gasteiger partial charge in [0, 0.05) is 48.9 Å². The quantitative estimate of drug-likeness (QED) is 0.356. The van der Waals surface area contributed by atoms with Gasteiger partial charge in [0.1, 0.15) is 17.3 Å². The van der Waals surface area contributed by atoms with E-state index < -0.39 is 27.3 Å². The number of carbonyl (C=O) groups excluding carboxylic acids is 1. The van der Waals surface area contributed by atoms with Gasteiger partial charge in [0.15, 0.2) is 0 Å². The second-order valence-electron chi connectivity index (χ2n) is 7.87. The van der Waals surface area contributed by atoms with Crippen LogP contribution in [-0.2, 0) is 29.6 Å². The van der Waals surface area contributed by atoms with E-state index in [0.29, 0.717) is 22.8 Å². The lowest BCUT2D eigenvalue weighted by molar-refractivity contribution is -0.0500. The predicted molar refractivity (Wildman–Crippen MR) is 117 cm³/mol. The molecule has 1 amide bonds. The Kier molecular flexibility index (Phi) is 6.45. The fourth-order valence-corrected chi connectivity index (χ4v) is 4.26. The highest BCUT2D eigenvalue weighted by molar-refractivity contribution is 7.88. The number of carbonyl (C=O) groups is 1. The molecule has 1 aliphatic rings. The standard InChI is InChI=1S/C22H21F3N4O5S/c1-14-26-6-8-28(14)12-15-9-19-18(20(10-15)34-35(31,32)22(23,24)25)4-7-29(21(19)30)13-16-11-17(33-2)3-5-27-16/h3,5-6,8-11H,4,7,12-13H2,1-2H3. The Balaban J connectivity index is 1.72. The van der Waals surface area contributed by atoms with Gasteiger partial charge < -0.3 is 18.4 Å². The summed E-state index contributed by atoms with van der Waals surface area (Å²) in [6, 6.07) is 6.08. The number of halogens is 3. The lowest BCUT2D eigenvalue weighted by atomic mass is 9.95. The zero-order valence-corrected chi connectivity index (χ0v) is 19.6. The van der Waals surface area contributed by atoms with Gasteiger partial charge in [-0.1, -0.05) is 0 Å². The fourth-order valence-electron chi connectivity index (χ4n) is 3.78. The minimum Gasteiger partial charge on any atom is -0.497 e. The van der Waals surface area contributed by atoms with E-state index in [0.717, 1.165) is 0 Å². The molecule has 0 saturated carbocycles. The minimum atomic E-state index is -5.93. The van der Waals surface area contributed by atoms with Crippen LogP contribution in [-0.4, -0.2) is 52.9 Å². The lowest BCUT2D eigenvalue weighted by Gasteiger charge is -2.30. The Labute approximate surface area is 199 Å². The monoisotopic (exact) mass is 510 g/mol. The summed E-state index contributed by atoms with van der Waals surface area (Å²) in [6.07, 6.45) is 4.84. The highest BCUT2D eigenvalue weighted by Gasteiger charge is 2.49. The largest absolute Gasteiger partial charge is 0.534 e. The van der Waals surface area contributed by atoms with Crippen molar-refractivity contribution >= 4 is 16.0 Å². The molecule has 9 nitrogen and oxygen atoms in total. The Hall–Kier alpha value is -3.61. The average molecular weight is 510 g/mol. The van der Waals surface area contributed by atoms with E-state index in [1.807, 2.05) is 0 Å². The van der Waals surface area contributed by atoms with Gasteiger partial charge in [-0.2, -0.15) is 21.6 Å². The average Bonchev–Trinajstić information content (AvgIpc) is 3.19. The van der Waals surface area contributed by atoms with E-state index in [1.54, 1.807) is 36.0 Å². The number of amides is 1. The van der Waals surface area contributed by atoms with E-state index in [2.05, 4.69) is 14.2 Å². The molecular weight excluding hydrogens is 489 g/mol. The maximum absolute atomic E-state index is 13.3. The molecule has 0 spiro atoms. The first-order chi connectivity index (χ1) is 16.5. The van der Waals surface area contributed by atoms with E-state index in [1.165, 1.54) is 30.3 Å². The Morgan fingerprint density at radius 2 is 1.89 bits per heavy atom. The number of hydrogen-bond acceptors (Lipinski definition) is 7. The molecule has 186 valence electrons. The summed E-state index contributed by atoms with van der Waals surface area (Å²) in [5.41, 5.74) is -4.50. The van der Waals surface area contributed by atoms with Crippen LogP contribution in [0.15, 0.2) is 42.9 Å². The molecule has 0 saturated heterocycles. The molecule has 0 bridgehead atoms. The summed E-state index contributed by atoms with van der Waals surface area (Å²) in [4.78, 5) is 23.1. The number of nitrogens with zero attached hydrogens (tertiary/aromatic N) is 4.